The number of ketones is 1. The molecule has 1 aliphatic heterocycles. The van der Waals surface area contributed by atoms with E-state index in [2.05, 4.69) is 4.90 Å². The topological polar surface area (TPSA) is 90.4 Å². The van der Waals surface area contributed by atoms with Gasteiger partial charge >= 0.3 is 5.69 Å². The minimum Gasteiger partial charge on any atom is -0.302 e. The van der Waals surface area contributed by atoms with Crippen molar-refractivity contribution in [2.45, 2.75) is 26.3 Å². The summed E-state index contributed by atoms with van der Waals surface area (Å²) in [6.07, 6.45) is 1.43. The molecule has 0 unspecified atom stereocenters. The number of para-hydroxylation sites is 1. The molecule has 1 fully saturated rings. The number of nitro benzene ring substituents is 1. The molecule has 2 heterocycles. The molecule has 8 nitrogen and oxygen atoms in total. The Morgan fingerprint density at radius 1 is 1.00 bits per heavy atom. The van der Waals surface area contributed by atoms with Crippen molar-refractivity contribution in [1.29, 1.82) is 0 Å². The van der Waals surface area contributed by atoms with E-state index < -0.39 is 4.92 Å². The maximum atomic E-state index is 13.6. The van der Waals surface area contributed by atoms with Crippen molar-refractivity contribution in [1.82, 2.24) is 14.0 Å². The molecule has 0 aliphatic carbocycles. The first kappa shape index (κ1) is 24.6. The van der Waals surface area contributed by atoms with Crippen LogP contribution in [0.4, 0.5) is 10.1 Å². The molecule has 1 saturated heterocycles. The molecule has 0 N–H and O–H groups in total. The number of benzene rings is 3. The van der Waals surface area contributed by atoms with Gasteiger partial charge in [-0.25, -0.2) is 9.18 Å². The van der Waals surface area contributed by atoms with Gasteiger partial charge in [0.05, 0.1) is 21.6 Å². The summed E-state index contributed by atoms with van der Waals surface area (Å²) in [6, 6.07) is 17.5. The van der Waals surface area contributed by atoms with Crippen LogP contribution in [0.3, 0.4) is 0 Å². The van der Waals surface area contributed by atoms with Crippen molar-refractivity contribution in [3.63, 3.8) is 0 Å². The molecule has 3 aromatic carbocycles. The molecule has 5 rings (SSSR count). The normalized spacial score (nSPS) is 14.8. The maximum absolute atomic E-state index is 13.6. The lowest BCUT2D eigenvalue weighted by molar-refractivity contribution is -0.384. The average molecular weight is 503 g/mol. The Morgan fingerprint density at radius 3 is 2.32 bits per heavy atom. The highest BCUT2D eigenvalue weighted by molar-refractivity contribution is 5.97. The Morgan fingerprint density at radius 2 is 1.68 bits per heavy atom. The summed E-state index contributed by atoms with van der Waals surface area (Å²) >= 11 is 0. The highest BCUT2D eigenvalue weighted by atomic mass is 19.1. The number of piperidine rings is 1. The number of carbonyl (C=O) groups excluding carboxylic acids is 1. The number of likely N-dealkylation sites (tertiary alicyclic amines) is 1. The molecule has 1 aliphatic rings. The van der Waals surface area contributed by atoms with Crippen LogP contribution in [0.1, 0.15) is 28.8 Å². The van der Waals surface area contributed by atoms with Crippen molar-refractivity contribution in [3.8, 4) is 5.69 Å². The van der Waals surface area contributed by atoms with Gasteiger partial charge in [-0.2, -0.15) is 0 Å². The number of hydrogen-bond acceptors (Lipinski definition) is 5. The van der Waals surface area contributed by atoms with E-state index in [4.69, 9.17) is 0 Å². The van der Waals surface area contributed by atoms with Crippen LogP contribution in [0, 0.1) is 28.8 Å². The molecule has 4 aromatic rings. The maximum Gasteiger partial charge on any atom is 0.333 e. The van der Waals surface area contributed by atoms with Crippen molar-refractivity contribution < 1.29 is 14.1 Å². The molecule has 37 heavy (non-hydrogen) atoms. The molecule has 0 spiro atoms. The zero-order valence-corrected chi connectivity index (χ0v) is 20.5. The summed E-state index contributed by atoms with van der Waals surface area (Å²) in [5, 5.41) is 11.1. The molecule has 0 radical (unpaired) electrons. The molecule has 0 atom stereocenters. The number of rotatable bonds is 7. The van der Waals surface area contributed by atoms with Gasteiger partial charge in [0.15, 0.2) is 5.78 Å². The van der Waals surface area contributed by atoms with Crippen LogP contribution in [0.5, 0.6) is 0 Å². The number of nitrogens with zero attached hydrogens (tertiary/aromatic N) is 4. The molecule has 1 aromatic heterocycles. The SMILES string of the molecule is Cc1cccc2c1n(-c1ccc([N+](=O)[O-])cc1)c(=O)n2CCN1CCC(C(=O)c2ccc(F)cc2)CC1. The number of hydrogen-bond donors (Lipinski definition) is 0. The first-order valence-electron chi connectivity index (χ1n) is 12.3. The zero-order valence-electron chi connectivity index (χ0n) is 20.5. The third-order valence-corrected chi connectivity index (χ3v) is 7.20. The smallest absolute Gasteiger partial charge is 0.302 e. The highest BCUT2D eigenvalue weighted by Gasteiger charge is 2.26. The van der Waals surface area contributed by atoms with Gasteiger partial charge in [0.1, 0.15) is 5.82 Å². The summed E-state index contributed by atoms with van der Waals surface area (Å²) in [5.74, 6) is -0.389. The number of nitro groups is 1. The average Bonchev–Trinajstić information content (AvgIpc) is 3.20. The monoisotopic (exact) mass is 502 g/mol. The van der Waals surface area contributed by atoms with Crippen molar-refractivity contribution in [2.75, 3.05) is 19.6 Å². The number of Topliss-reactive ketones (excluding diaryl/α,β-unsaturated/α-hetero) is 1. The van der Waals surface area contributed by atoms with Gasteiger partial charge in [0.25, 0.3) is 5.69 Å². The first-order valence-corrected chi connectivity index (χ1v) is 12.3. The fraction of sp³-hybridized carbons (Fsp3) is 0.286. The van der Waals surface area contributed by atoms with Crippen LogP contribution in [0.2, 0.25) is 0 Å². The molecule has 0 amide bonds. The van der Waals surface area contributed by atoms with Gasteiger partial charge in [0.2, 0.25) is 0 Å². The number of halogens is 1. The fourth-order valence-corrected chi connectivity index (χ4v) is 5.16. The molecular formula is C28H27FN4O4. The molecule has 9 heteroatoms. The van der Waals surface area contributed by atoms with Gasteiger partial charge in [-0.3, -0.25) is 24.0 Å². The first-order chi connectivity index (χ1) is 17.8. The summed E-state index contributed by atoms with van der Waals surface area (Å²) in [6.45, 7) is 4.57. The summed E-state index contributed by atoms with van der Waals surface area (Å²) < 4.78 is 16.6. The Balaban J connectivity index is 1.32. The van der Waals surface area contributed by atoms with Crippen LogP contribution in [-0.4, -0.2) is 44.4 Å². The van der Waals surface area contributed by atoms with Crippen molar-refractivity contribution in [2.24, 2.45) is 5.92 Å². The van der Waals surface area contributed by atoms with Gasteiger partial charge in [-0.1, -0.05) is 12.1 Å². The third kappa shape index (κ3) is 4.82. The second kappa shape index (κ2) is 10.1. The quantitative estimate of drug-likeness (QED) is 0.207. The van der Waals surface area contributed by atoms with Crippen molar-refractivity contribution in [3.05, 3.63) is 104 Å². The van der Waals surface area contributed by atoms with E-state index in [1.165, 1.54) is 24.3 Å². The van der Waals surface area contributed by atoms with Gasteiger partial charge in [-0.05, 0) is 80.9 Å². The second-order valence-electron chi connectivity index (χ2n) is 9.47. The van der Waals surface area contributed by atoms with Crippen molar-refractivity contribution >= 4 is 22.5 Å². The van der Waals surface area contributed by atoms with Gasteiger partial charge in [0, 0.05) is 36.7 Å². The number of carbonyl (C=O) groups is 1. The lowest BCUT2D eigenvalue weighted by atomic mass is 9.89. The highest BCUT2D eigenvalue weighted by Crippen LogP contribution is 2.24. The number of aryl methyl sites for hydroxylation is 1. The van der Waals surface area contributed by atoms with Gasteiger partial charge in [-0.15, -0.1) is 0 Å². The predicted octanol–water partition coefficient (Wildman–Crippen LogP) is 4.74. The third-order valence-electron chi connectivity index (χ3n) is 7.20. The lowest BCUT2D eigenvalue weighted by Gasteiger charge is -2.31. The lowest BCUT2D eigenvalue weighted by Crippen LogP contribution is -2.39. The summed E-state index contributed by atoms with van der Waals surface area (Å²) in [4.78, 5) is 39.2. The summed E-state index contributed by atoms with van der Waals surface area (Å²) in [7, 11) is 0. The van der Waals surface area contributed by atoms with Crippen LogP contribution in [-0.2, 0) is 6.54 Å². The van der Waals surface area contributed by atoms with E-state index in [-0.39, 0.29) is 28.9 Å². The predicted molar refractivity (Wildman–Crippen MR) is 139 cm³/mol. The Kier molecular flexibility index (Phi) is 6.71. The number of aromatic nitrogens is 2. The van der Waals surface area contributed by atoms with E-state index in [1.54, 1.807) is 33.4 Å². The van der Waals surface area contributed by atoms with Gasteiger partial charge < -0.3 is 4.90 Å². The van der Waals surface area contributed by atoms with E-state index >= 15 is 0 Å². The minimum absolute atomic E-state index is 0.0291. The Hall–Kier alpha value is -4.11. The number of fused-ring (bicyclic) bond motifs is 1. The number of imidazole rings is 1. The zero-order chi connectivity index (χ0) is 26.1. The summed E-state index contributed by atoms with van der Waals surface area (Å²) in [5.41, 5.74) is 3.43. The van der Waals surface area contributed by atoms with Crippen LogP contribution in [0.25, 0.3) is 16.7 Å². The second-order valence-corrected chi connectivity index (χ2v) is 9.47. The van der Waals surface area contributed by atoms with E-state index in [0.717, 1.165) is 42.5 Å². The van der Waals surface area contributed by atoms with E-state index in [9.17, 15) is 24.1 Å². The van der Waals surface area contributed by atoms with Crippen LogP contribution in [0.15, 0.2) is 71.5 Å². The molecule has 0 bridgehead atoms. The molecular weight excluding hydrogens is 475 g/mol. The molecule has 190 valence electrons. The molecule has 0 saturated carbocycles. The van der Waals surface area contributed by atoms with Crippen LogP contribution >= 0.6 is 0 Å². The Bertz CT molecular complexity index is 1520. The fourth-order valence-electron chi connectivity index (χ4n) is 5.16. The van der Waals surface area contributed by atoms with E-state index in [1.807, 2.05) is 25.1 Å². The Labute approximate surface area is 212 Å². The number of non-ortho nitro benzene ring substituents is 1. The standard InChI is InChI=1S/C28H27FN4O4/c1-19-3-2-4-25-26(19)32(23-9-11-24(12-10-23)33(36)37)28(35)31(25)18-17-30-15-13-21(14-16-30)27(34)20-5-7-22(29)8-6-20/h2-12,21H,13-18H2,1H3. The van der Waals surface area contributed by atoms with E-state index in [0.29, 0.717) is 24.3 Å². The van der Waals surface area contributed by atoms with Crippen LogP contribution < -0.4 is 5.69 Å². The minimum atomic E-state index is -0.461. The largest absolute Gasteiger partial charge is 0.333 e.